The summed E-state index contributed by atoms with van der Waals surface area (Å²) in [7, 11) is 2.90. The van der Waals surface area contributed by atoms with E-state index in [-0.39, 0.29) is 6.54 Å². The van der Waals surface area contributed by atoms with Gasteiger partial charge in [-0.25, -0.2) is 4.79 Å². The smallest absolute Gasteiger partial charge is 0.410 e. The second-order valence-electron chi connectivity index (χ2n) is 9.22. The predicted octanol–water partition coefficient (Wildman–Crippen LogP) is 3.68. The van der Waals surface area contributed by atoms with E-state index in [2.05, 4.69) is 0 Å². The first-order valence-electron chi connectivity index (χ1n) is 9.80. The van der Waals surface area contributed by atoms with Gasteiger partial charge in [-0.15, -0.1) is 0 Å². The van der Waals surface area contributed by atoms with Crippen LogP contribution in [0.25, 0.3) is 0 Å². The summed E-state index contributed by atoms with van der Waals surface area (Å²) in [5.41, 5.74) is -1.49. The minimum Gasteiger partial charge on any atom is -0.444 e. The Morgan fingerprint density at radius 1 is 1.10 bits per heavy atom. The van der Waals surface area contributed by atoms with Gasteiger partial charge in [0.25, 0.3) is 6.08 Å². The van der Waals surface area contributed by atoms with E-state index in [1.807, 2.05) is 0 Å². The van der Waals surface area contributed by atoms with Crippen molar-refractivity contribution in [3.8, 4) is 0 Å². The number of carbonyl (C=O) groups excluding carboxylic acids is 1. The molecular weight excluding hydrogens is 388 g/mol. The average Bonchev–Trinajstić information content (AvgIpc) is 3.38. The molecule has 1 amide bonds. The van der Waals surface area contributed by atoms with Gasteiger partial charge in [-0.3, -0.25) is 4.90 Å². The van der Waals surface area contributed by atoms with Crippen LogP contribution < -0.4 is 0 Å². The molecule has 3 rings (SSSR count). The highest BCUT2D eigenvalue weighted by Crippen LogP contribution is 2.57. The van der Waals surface area contributed by atoms with Gasteiger partial charge in [-0.2, -0.15) is 8.78 Å². The Labute approximate surface area is 170 Å². The minimum absolute atomic E-state index is 0.149. The summed E-state index contributed by atoms with van der Waals surface area (Å²) >= 11 is 0. The molecule has 5 atom stereocenters. The predicted molar refractivity (Wildman–Crippen MR) is 99.3 cm³/mol. The summed E-state index contributed by atoms with van der Waals surface area (Å²) in [6, 6.07) is 0. The highest BCUT2D eigenvalue weighted by molar-refractivity contribution is 5.70. The quantitative estimate of drug-likeness (QED) is 0.695. The second kappa shape index (κ2) is 7.14. The molecule has 29 heavy (non-hydrogen) atoms. The van der Waals surface area contributed by atoms with E-state index in [0.29, 0.717) is 12.8 Å². The standard InChI is InChI=1S/C20H31F2NO6/c1-17(2,3)29-16(24)23-11-13-15(12(10-14(21)22)20(23)8-9-20)28-19(5,26-7)18(4,25-6)27-13/h10,12-13,15H,8-9,11H2,1-7H3/t12-,13-,15-,18+,19+/m1/s1. The number of ether oxygens (including phenoxy) is 5. The van der Waals surface area contributed by atoms with Crippen LogP contribution in [-0.4, -0.2) is 66.7 Å². The van der Waals surface area contributed by atoms with Crippen LogP contribution in [-0.2, 0) is 23.7 Å². The van der Waals surface area contributed by atoms with Gasteiger partial charge in [0, 0.05) is 20.1 Å². The molecule has 0 aromatic heterocycles. The number of carbonyl (C=O) groups is 1. The molecule has 1 saturated carbocycles. The van der Waals surface area contributed by atoms with Gasteiger partial charge in [-0.05, 0) is 53.5 Å². The lowest BCUT2D eigenvalue weighted by molar-refractivity contribution is -0.456. The van der Waals surface area contributed by atoms with Gasteiger partial charge in [0.1, 0.15) is 11.7 Å². The molecule has 2 aliphatic heterocycles. The normalized spacial score (nSPS) is 38.4. The first-order chi connectivity index (χ1) is 13.3. The number of likely N-dealkylation sites (tertiary alicyclic amines) is 1. The maximum absolute atomic E-state index is 13.4. The molecule has 0 aromatic carbocycles. The Kier molecular flexibility index (Phi) is 5.52. The minimum atomic E-state index is -1.83. The van der Waals surface area contributed by atoms with Crippen LogP contribution in [0.3, 0.4) is 0 Å². The fourth-order valence-electron chi connectivity index (χ4n) is 4.36. The SMILES string of the molecule is CO[C@@]1(C)O[C@@H]2[C@@H](C=C(F)F)C3(CC3)N(C(=O)OC(C)(C)C)C[C@H]2O[C@]1(C)OC. The first-order valence-corrected chi connectivity index (χ1v) is 9.80. The Morgan fingerprint density at radius 2 is 1.66 bits per heavy atom. The monoisotopic (exact) mass is 419 g/mol. The highest BCUT2D eigenvalue weighted by atomic mass is 19.3. The summed E-state index contributed by atoms with van der Waals surface area (Å²) in [5, 5.41) is 0. The molecule has 7 nitrogen and oxygen atoms in total. The molecule has 0 bridgehead atoms. The Morgan fingerprint density at radius 3 is 2.10 bits per heavy atom. The largest absolute Gasteiger partial charge is 0.444 e. The maximum atomic E-state index is 13.4. The third-order valence-electron chi connectivity index (χ3n) is 6.26. The molecule has 0 N–H and O–H groups in total. The summed E-state index contributed by atoms with van der Waals surface area (Å²) < 4.78 is 55.8. The molecule has 3 aliphatic rings. The van der Waals surface area contributed by atoms with Crippen molar-refractivity contribution >= 4 is 6.09 Å². The molecule has 166 valence electrons. The van der Waals surface area contributed by atoms with Gasteiger partial charge in [0.15, 0.2) is 0 Å². The molecule has 3 fully saturated rings. The van der Waals surface area contributed by atoms with Crippen molar-refractivity contribution in [1.29, 1.82) is 0 Å². The number of fused-ring (bicyclic) bond motifs is 1. The van der Waals surface area contributed by atoms with E-state index in [4.69, 9.17) is 23.7 Å². The van der Waals surface area contributed by atoms with E-state index in [0.717, 1.165) is 6.08 Å². The van der Waals surface area contributed by atoms with Gasteiger partial charge in [0.2, 0.25) is 11.6 Å². The molecule has 0 radical (unpaired) electrons. The number of hydrogen-bond donors (Lipinski definition) is 0. The van der Waals surface area contributed by atoms with E-state index in [9.17, 15) is 13.6 Å². The van der Waals surface area contributed by atoms with Gasteiger partial charge >= 0.3 is 6.09 Å². The number of amides is 1. The van der Waals surface area contributed by atoms with Crippen LogP contribution in [0, 0.1) is 5.92 Å². The lowest BCUT2D eigenvalue weighted by Crippen LogP contribution is -2.72. The van der Waals surface area contributed by atoms with Crippen molar-refractivity contribution in [3.63, 3.8) is 0 Å². The zero-order valence-corrected chi connectivity index (χ0v) is 18.1. The average molecular weight is 419 g/mol. The van der Waals surface area contributed by atoms with E-state index >= 15 is 0 Å². The number of nitrogens with zero attached hydrogens (tertiary/aromatic N) is 1. The van der Waals surface area contributed by atoms with E-state index in [1.165, 1.54) is 19.1 Å². The highest BCUT2D eigenvalue weighted by Gasteiger charge is 2.68. The number of methoxy groups -OCH3 is 2. The summed E-state index contributed by atoms with van der Waals surface area (Å²) in [4.78, 5) is 14.5. The van der Waals surface area contributed by atoms with Crippen LogP contribution in [0.1, 0.15) is 47.5 Å². The molecule has 1 aliphatic carbocycles. The number of rotatable bonds is 3. The number of piperidine rings is 1. The molecular formula is C20H31F2NO6. The molecule has 0 aromatic rings. The van der Waals surface area contributed by atoms with Crippen LogP contribution >= 0.6 is 0 Å². The zero-order chi connectivity index (χ0) is 21.8. The number of hydrogen-bond acceptors (Lipinski definition) is 6. The van der Waals surface area contributed by atoms with Crippen molar-refractivity contribution < 1.29 is 37.3 Å². The van der Waals surface area contributed by atoms with Crippen molar-refractivity contribution in [1.82, 2.24) is 4.90 Å². The lowest BCUT2D eigenvalue weighted by Gasteiger charge is -2.58. The topological polar surface area (TPSA) is 66.5 Å². The zero-order valence-electron chi connectivity index (χ0n) is 18.1. The summed E-state index contributed by atoms with van der Waals surface area (Å²) in [5.74, 6) is -3.37. The first kappa shape index (κ1) is 22.4. The van der Waals surface area contributed by atoms with Crippen LogP contribution in [0.5, 0.6) is 0 Å². The molecule has 9 heteroatoms. The van der Waals surface area contributed by atoms with Crippen molar-refractivity contribution in [2.45, 2.75) is 82.4 Å². The Balaban J connectivity index is 2.00. The van der Waals surface area contributed by atoms with Gasteiger partial charge in [-0.1, -0.05) is 0 Å². The Hall–Kier alpha value is -1.29. The van der Waals surface area contributed by atoms with Crippen molar-refractivity contribution in [2.75, 3.05) is 20.8 Å². The van der Waals surface area contributed by atoms with Crippen molar-refractivity contribution in [2.24, 2.45) is 5.92 Å². The molecule has 2 heterocycles. The Bertz CT molecular complexity index is 687. The van der Waals surface area contributed by atoms with E-state index < -0.39 is 53.0 Å². The van der Waals surface area contributed by atoms with E-state index in [1.54, 1.807) is 34.6 Å². The molecule has 2 saturated heterocycles. The lowest BCUT2D eigenvalue weighted by atomic mass is 9.81. The van der Waals surface area contributed by atoms with Gasteiger partial charge in [0.05, 0.1) is 18.2 Å². The van der Waals surface area contributed by atoms with Crippen LogP contribution in [0.15, 0.2) is 12.2 Å². The third-order valence-corrected chi connectivity index (χ3v) is 6.26. The summed E-state index contributed by atoms with van der Waals surface area (Å²) in [6.45, 7) is 8.76. The van der Waals surface area contributed by atoms with Crippen LogP contribution in [0.4, 0.5) is 13.6 Å². The van der Waals surface area contributed by atoms with Gasteiger partial charge < -0.3 is 23.7 Å². The molecule has 0 unspecified atom stereocenters. The second-order valence-corrected chi connectivity index (χ2v) is 9.22. The van der Waals surface area contributed by atoms with Crippen molar-refractivity contribution in [3.05, 3.63) is 12.2 Å². The van der Waals surface area contributed by atoms with Crippen LogP contribution in [0.2, 0.25) is 0 Å². The molecule has 1 spiro atoms. The number of halogens is 2. The fourth-order valence-corrected chi connectivity index (χ4v) is 4.36. The third kappa shape index (κ3) is 3.78. The maximum Gasteiger partial charge on any atom is 0.410 e. The summed E-state index contributed by atoms with van der Waals surface area (Å²) in [6.07, 6.45) is -1.76. The fraction of sp³-hybridized carbons (Fsp3) is 0.850.